The smallest absolute Gasteiger partial charge is 0.349 e. The highest BCUT2D eigenvalue weighted by atomic mass is 19.1. The first kappa shape index (κ1) is 27.3. The summed E-state index contributed by atoms with van der Waals surface area (Å²) in [5.74, 6) is 0.355. The Kier molecular flexibility index (Phi) is 7.88. The predicted octanol–water partition coefficient (Wildman–Crippen LogP) is 6.22. The third-order valence-electron chi connectivity index (χ3n) is 6.73. The number of nitrogens with two attached hydrogens (primary N) is 1. The molecular formula is C33H27FN2O5. The molecule has 2 N–H and O–H groups in total. The van der Waals surface area contributed by atoms with Crippen LogP contribution >= 0.6 is 0 Å². The molecule has 0 aromatic heterocycles. The zero-order chi connectivity index (χ0) is 28.9. The molecule has 0 aliphatic carbocycles. The lowest BCUT2D eigenvalue weighted by molar-refractivity contribution is -0.136. The Morgan fingerprint density at radius 2 is 1.66 bits per heavy atom. The molecule has 1 heterocycles. The van der Waals surface area contributed by atoms with Crippen molar-refractivity contribution in [3.05, 3.63) is 130 Å². The molecule has 0 bridgehead atoms. The summed E-state index contributed by atoms with van der Waals surface area (Å²) < 4.78 is 36.6. The van der Waals surface area contributed by atoms with Gasteiger partial charge in [0, 0.05) is 17.2 Å². The number of halogens is 1. The van der Waals surface area contributed by atoms with E-state index >= 15 is 0 Å². The molecule has 0 saturated carbocycles. The zero-order valence-corrected chi connectivity index (χ0v) is 22.5. The summed E-state index contributed by atoms with van der Waals surface area (Å²) in [5, 5.41) is 9.86. The van der Waals surface area contributed by atoms with E-state index in [1.807, 2.05) is 44.2 Å². The fourth-order valence-corrected chi connectivity index (χ4v) is 4.69. The average Bonchev–Trinajstić information content (AvgIpc) is 2.96. The molecule has 1 aliphatic rings. The highest BCUT2D eigenvalue weighted by molar-refractivity contribution is 5.74. The van der Waals surface area contributed by atoms with Crippen molar-refractivity contribution in [2.45, 2.75) is 26.4 Å². The van der Waals surface area contributed by atoms with Gasteiger partial charge >= 0.3 is 5.97 Å². The van der Waals surface area contributed by atoms with Gasteiger partial charge in [0.25, 0.3) is 0 Å². The summed E-state index contributed by atoms with van der Waals surface area (Å²) >= 11 is 0. The van der Waals surface area contributed by atoms with Crippen LogP contribution < -0.4 is 24.7 Å². The zero-order valence-electron chi connectivity index (χ0n) is 22.5. The molecule has 0 saturated heterocycles. The molecular weight excluding hydrogens is 523 g/mol. The van der Waals surface area contributed by atoms with Crippen molar-refractivity contribution < 1.29 is 28.1 Å². The average molecular weight is 551 g/mol. The van der Waals surface area contributed by atoms with Crippen LogP contribution in [0.5, 0.6) is 23.0 Å². The molecule has 0 fully saturated rings. The fourth-order valence-electron chi connectivity index (χ4n) is 4.69. The van der Waals surface area contributed by atoms with Crippen LogP contribution in [0.4, 0.5) is 4.39 Å². The van der Waals surface area contributed by atoms with Crippen LogP contribution in [0.2, 0.25) is 0 Å². The molecule has 0 amide bonds. The Morgan fingerprint density at radius 3 is 2.37 bits per heavy atom. The van der Waals surface area contributed by atoms with Crippen molar-refractivity contribution in [3.63, 3.8) is 0 Å². The summed E-state index contributed by atoms with van der Waals surface area (Å²) in [6.07, 6.45) is 0. The van der Waals surface area contributed by atoms with Crippen LogP contribution in [0.15, 0.2) is 96.4 Å². The van der Waals surface area contributed by atoms with E-state index < -0.39 is 11.9 Å². The Bertz CT molecular complexity index is 1650. The van der Waals surface area contributed by atoms with E-state index in [4.69, 9.17) is 24.7 Å². The van der Waals surface area contributed by atoms with Crippen molar-refractivity contribution in [1.82, 2.24) is 0 Å². The molecule has 4 aromatic carbocycles. The van der Waals surface area contributed by atoms with Crippen LogP contribution in [0.1, 0.15) is 33.7 Å². The topological polar surface area (TPSA) is 104 Å². The normalized spacial score (nSPS) is 14.0. The number of aryl methyl sites for hydroxylation is 2. The van der Waals surface area contributed by atoms with Gasteiger partial charge in [-0.2, -0.15) is 5.26 Å². The number of hydrogen-bond acceptors (Lipinski definition) is 7. The number of hydrogen-bond donors (Lipinski definition) is 1. The van der Waals surface area contributed by atoms with E-state index in [0.717, 1.165) is 16.7 Å². The lowest BCUT2D eigenvalue weighted by Gasteiger charge is -2.26. The number of ether oxygens (including phenoxy) is 4. The molecule has 41 heavy (non-hydrogen) atoms. The lowest BCUT2D eigenvalue weighted by atomic mass is 9.83. The molecule has 1 atom stereocenters. The third kappa shape index (κ3) is 5.99. The molecule has 0 radical (unpaired) electrons. The van der Waals surface area contributed by atoms with Crippen molar-refractivity contribution >= 4 is 5.97 Å². The van der Waals surface area contributed by atoms with Crippen LogP contribution in [-0.2, 0) is 11.4 Å². The Hall–Kier alpha value is -5.29. The van der Waals surface area contributed by atoms with Crippen LogP contribution in [0.25, 0.3) is 0 Å². The highest BCUT2D eigenvalue weighted by Crippen LogP contribution is 2.43. The van der Waals surface area contributed by atoms with Gasteiger partial charge in [0.2, 0.25) is 5.88 Å². The van der Waals surface area contributed by atoms with Gasteiger partial charge in [0.05, 0.1) is 5.92 Å². The van der Waals surface area contributed by atoms with Gasteiger partial charge < -0.3 is 24.7 Å². The van der Waals surface area contributed by atoms with E-state index in [1.165, 1.54) is 6.07 Å². The maximum Gasteiger partial charge on any atom is 0.349 e. The van der Waals surface area contributed by atoms with Crippen LogP contribution in [0, 0.1) is 31.0 Å². The summed E-state index contributed by atoms with van der Waals surface area (Å²) in [5.41, 5.74) is 10.1. The molecule has 1 aliphatic heterocycles. The number of benzene rings is 4. The maximum absolute atomic E-state index is 13.9. The highest BCUT2D eigenvalue weighted by Gasteiger charge is 2.31. The number of nitrogens with zero attached hydrogens (tertiary/aromatic N) is 1. The van der Waals surface area contributed by atoms with Gasteiger partial charge in [-0.25, -0.2) is 9.18 Å². The third-order valence-corrected chi connectivity index (χ3v) is 6.73. The van der Waals surface area contributed by atoms with Gasteiger partial charge in [-0.05, 0) is 54.8 Å². The van der Waals surface area contributed by atoms with E-state index in [9.17, 15) is 14.4 Å². The van der Waals surface area contributed by atoms with Crippen LogP contribution in [-0.4, -0.2) is 12.6 Å². The van der Waals surface area contributed by atoms with Crippen molar-refractivity contribution in [1.29, 1.82) is 5.26 Å². The molecule has 0 spiro atoms. The molecule has 206 valence electrons. The molecule has 8 heteroatoms. The van der Waals surface area contributed by atoms with Crippen LogP contribution in [0.3, 0.4) is 0 Å². The number of carbonyl (C=O) groups excluding carboxylic acids is 1. The van der Waals surface area contributed by atoms with E-state index in [1.54, 1.807) is 48.5 Å². The van der Waals surface area contributed by atoms with Gasteiger partial charge in [-0.3, -0.25) is 0 Å². The second-order valence-corrected chi connectivity index (χ2v) is 9.56. The number of nitriles is 1. The Balaban J connectivity index is 1.31. The summed E-state index contributed by atoms with van der Waals surface area (Å²) in [6.45, 7) is 3.63. The minimum atomic E-state index is -0.577. The number of allylic oxidation sites excluding steroid dienone is 1. The fraction of sp³-hybridized carbons (Fsp3) is 0.152. The second-order valence-electron chi connectivity index (χ2n) is 9.56. The van der Waals surface area contributed by atoms with Gasteiger partial charge in [-0.15, -0.1) is 0 Å². The standard InChI is InChI=1S/C33H27FN2O5/c1-20-6-5-7-21(2)32(20)39-19-30(37)40-25-14-15-26-29(16-25)41-33(36)27(17-35)31(26)22-10-12-24(13-11-22)38-18-23-8-3-4-9-28(23)34/h3-16,31H,18-19,36H2,1-2H3. The summed E-state index contributed by atoms with van der Waals surface area (Å²) in [6, 6.07) is 26.4. The second kappa shape index (κ2) is 11.8. The maximum atomic E-state index is 13.9. The minimum absolute atomic E-state index is 0.0354. The molecule has 1 unspecified atom stereocenters. The summed E-state index contributed by atoms with van der Waals surface area (Å²) in [7, 11) is 0. The number of carbonyl (C=O) groups is 1. The number of fused-ring (bicyclic) bond motifs is 1. The van der Waals surface area contributed by atoms with Gasteiger partial charge in [0.15, 0.2) is 6.61 Å². The number of rotatable bonds is 8. The van der Waals surface area contributed by atoms with E-state index in [0.29, 0.717) is 28.4 Å². The first-order valence-corrected chi connectivity index (χ1v) is 12.9. The summed E-state index contributed by atoms with van der Waals surface area (Å²) in [4.78, 5) is 12.5. The van der Waals surface area contributed by atoms with E-state index in [-0.39, 0.29) is 36.2 Å². The number of para-hydroxylation sites is 1. The van der Waals surface area contributed by atoms with Crippen molar-refractivity contribution in [2.24, 2.45) is 5.73 Å². The quantitative estimate of drug-likeness (QED) is 0.205. The van der Waals surface area contributed by atoms with E-state index in [2.05, 4.69) is 6.07 Å². The first-order valence-electron chi connectivity index (χ1n) is 12.9. The number of esters is 1. The molecule has 4 aromatic rings. The minimum Gasteiger partial charge on any atom is -0.489 e. The predicted molar refractivity (Wildman–Crippen MR) is 150 cm³/mol. The largest absolute Gasteiger partial charge is 0.489 e. The SMILES string of the molecule is Cc1cccc(C)c1OCC(=O)Oc1ccc2c(c1)OC(N)=C(C#N)C2c1ccc(OCc2ccccc2F)cc1. The molecule has 7 nitrogen and oxygen atoms in total. The Morgan fingerprint density at radius 1 is 0.951 bits per heavy atom. The molecule has 5 rings (SSSR count). The first-order chi connectivity index (χ1) is 19.8. The van der Waals surface area contributed by atoms with Gasteiger partial charge in [0.1, 0.15) is 47.1 Å². The lowest BCUT2D eigenvalue weighted by Crippen LogP contribution is -2.22. The monoisotopic (exact) mass is 550 g/mol. The Labute approximate surface area is 237 Å². The van der Waals surface area contributed by atoms with Crippen molar-refractivity contribution in [2.75, 3.05) is 6.61 Å². The van der Waals surface area contributed by atoms with Gasteiger partial charge in [-0.1, -0.05) is 54.6 Å². The van der Waals surface area contributed by atoms with Crippen molar-refractivity contribution in [3.8, 4) is 29.1 Å².